The van der Waals surface area contributed by atoms with E-state index in [-0.39, 0.29) is 58.8 Å². The summed E-state index contributed by atoms with van der Waals surface area (Å²) in [4.78, 5) is 49.5. The highest BCUT2D eigenvalue weighted by Crippen LogP contribution is 2.71. The smallest absolute Gasteiger partial charge is 0.315 e. The number of rotatable bonds is 4. The molecule has 6 aliphatic rings. The van der Waals surface area contributed by atoms with Crippen molar-refractivity contribution in [2.45, 2.75) is 75.6 Å². The summed E-state index contributed by atoms with van der Waals surface area (Å²) < 4.78 is 5.95. The van der Waals surface area contributed by atoms with E-state index < -0.39 is 23.0 Å². The molecule has 3 saturated carbocycles. The van der Waals surface area contributed by atoms with Crippen LogP contribution in [0.2, 0.25) is 0 Å². The number of esters is 1. The van der Waals surface area contributed by atoms with Gasteiger partial charge in [0.25, 0.3) is 0 Å². The lowest BCUT2D eigenvalue weighted by atomic mass is 9.44. The molecule has 0 aromatic rings. The van der Waals surface area contributed by atoms with Crippen LogP contribution in [0.25, 0.3) is 0 Å². The molecule has 4 bridgehead atoms. The van der Waals surface area contributed by atoms with Gasteiger partial charge in [-0.25, -0.2) is 0 Å². The molecule has 7 atom stereocenters. The van der Waals surface area contributed by atoms with Gasteiger partial charge in [0.1, 0.15) is 6.61 Å². The molecule has 0 radical (unpaired) electrons. The Morgan fingerprint density at radius 2 is 1.94 bits per heavy atom. The van der Waals surface area contributed by atoms with Gasteiger partial charge < -0.3 is 14.9 Å². The maximum absolute atomic E-state index is 13.7. The number of carboxylic acid groups (broad SMARTS) is 1. The zero-order chi connectivity index (χ0) is 22.9. The summed E-state index contributed by atoms with van der Waals surface area (Å²) in [6.45, 7) is 1.75. The van der Waals surface area contributed by atoms with Crippen molar-refractivity contribution in [2.24, 2.45) is 28.6 Å². The number of hydrogen-bond acceptors (Lipinski definition) is 7. The minimum atomic E-state index is -1.41. The topological polar surface area (TPSA) is 118 Å². The largest absolute Gasteiger partial charge is 0.481 e. The third-order valence-corrected chi connectivity index (χ3v) is 10.5. The maximum atomic E-state index is 13.7. The van der Waals surface area contributed by atoms with Gasteiger partial charge in [0.15, 0.2) is 10.9 Å². The average Bonchev–Trinajstić information content (AvgIpc) is 3.03. The first-order chi connectivity index (χ1) is 15.1. The molecule has 2 saturated heterocycles. The third-order valence-electron chi connectivity index (χ3n) is 9.36. The van der Waals surface area contributed by atoms with Crippen LogP contribution in [0.15, 0.2) is 11.6 Å². The van der Waals surface area contributed by atoms with Crippen LogP contribution in [0.1, 0.15) is 64.7 Å². The number of aliphatic carboxylic acids is 1. The van der Waals surface area contributed by atoms with Crippen LogP contribution in [0, 0.1) is 28.6 Å². The molecule has 2 N–H and O–H groups in total. The number of carbonyl (C=O) groups is 4. The Hall–Kier alpha value is -1.67. The quantitative estimate of drug-likeness (QED) is 0.613. The standard InChI is InChI=1S/C24H30O7S/c1-13(25)32-18-11-14-10-15(26)2-6-22(14)12-31-21(29)24-9-4-16(22)20(18)17(24)3-7-23(24,30)8-5-19(27)28/h10,16-18,20,30H,2-9,11-12H2,1H3,(H,27,28)/t16?,17-,18+,20+,22+,23+,24-/m0/s1. The summed E-state index contributed by atoms with van der Waals surface area (Å²) in [6, 6.07) is 0. The summed E-state index contributed by atoms with van der Waals surface area (Å²) in [7, 11) is 0. The number of fused-ring (bicyclic) bond motifs is 3. The number of hydrogen-bond donors (Lipinski definition) is 2. The lowest BCUT2D eigenvalue weighted by Gasteiger charge is -2.63. The molecule has 174 valence electrons. The molecule has 32 heavy (non-hydrogen) atoms. The Bertz CT molecular complexity index is 927. The molecule has 7 nitrogen and oxygen atoms in total. The molecule has 2 aliphatic heterocycles. The molecular formula is C24H30O7S. The monoisotopic (exact) mass is 462 g/mol. The van der Waals surface area contributed by atoms with Crippen molar-refractivity contribution in [3.8, 4) is 0 Å². The van der Waals surface area contributed by atoms with Gasteiger partial charge >= 0.3 is 11.9 Å². The van der Waals surface area contributed by atoms with Gasteiger partial charge in [-0.2, -0.15) is 0 Å². The van der Waals surface area contributed by atoms with E-state index in [1.54, 1.807) is 13.0 Å². The zero-order valence-corrected chi connectivity index (χ0v) is 19.1. The predicted octanol–water partition coefficient (Wildman–Crippen LogP) is 2.89. The highest BCUT2D eigenvalue weighted by Gasteiger charge is 2.73. The number of carboxylic acids is 1. The third kappa shape index (κ3) is 2.91. The van der Waals surface area contributed by atoms with Crippen LogP contribution in [-0.4, -0.2) is 50.5 Å². The molecule has 0 amide bonds. The predicted molar refractivity (Wildman–Crippen MR) is 116 cm³/mol. The SMILES string of the molecule is CC(=O)S[C@@H]1CC2=CC(=O)CC[C@@]23COC(=O)[C@]24CCC3[C@@H]1[C@@H]2CC[C@@]4(O)CCC(=O)O. The van der Waals surface area contributed by atoms with Crippen molar-refractivity contribution in [3.05, 3.63) is 11.6 Å². The van der Waals surface area contributed by atoms with E-state index in [0.717, 1.165) is 5.57 Å². The van der Waals surface area contributed by atoms with Gasteiger partial charge in [-0.3, -0.25) is 19.2 Å². The van der Waals surface area contributed by atoms with E-state index >= 15 is 0 Å². The van der Waals surface area contributed by atoms with Crippen LogP contribution in [0.5, 0.6) is 0 Å². The second kappa shape index (κ2) is 7.42. The fraction of sp³-hybridized carbons (Fsp3) is 0.750. The molecule has 5 fully saturated rings. The summed E-state index contributed by atoms with van der Waals surface area (Å²) in [5.74, 6) is -1.23. The van der Waals surface area contributed by atoms with E-state index in [4.69, 9.17) is 4.74 Å². The molecule has 2 spiro atoms. The van der Waals surface area contributed by atoms with Crippen LogP contribution in [0.3, 0.4) is 0 Å². The molecule has 6 rings (SSSR count). The Labute approximate surface area is 191 Å². The Morgan fingerprint density at radius 3 is 2.66 bits per heavy atom. The van der Waals surface area contributed by atoms with Gasteiger partial charge in [-0.15, -0.1) is 0 Å². The highest BCUT2D eigenvalue weighted by molar-refractivity contribution is 8.14. The summed E-state index contributed by atoms with van der Waals surface area (Å²) in [6.07, 6.45) is 5.46. The van der Waals surface area contributed by atoms with Gasteiger partial charge in [0.2, 0.25) is 0 Å². The second-order valence-corrected chi connectivity index (χ2v) is 11.9. The van der Waals surface area contributed by atoms with Gasteiger partial charge in [0, 0.05) is 30.4 Å². The van der Waals surface area contributed by atoms with E-state index in [9.17, 15) is 29.4 Å². The van der Waals surface area contributed by atoms with E-state index in [1.165, 1.54) is 11.8 Å². The number of carbonyl (C=O) groups excluding carboxylic acids is 3. The Kier molecular flexibility index (Phi) is 5.13. The first-order valence-corrected chi connectivity index (χ1v) is 12.5. The number of ether oxygens (including phenoxy) is 1. The number of thioether (sulfide) groups is 1. The van der Waals surface area contributed by atoms with Crippen molar-refractivity contribution in [1.82, 2.24) is 0 Å². The van der Waals surface area contributed by atoms with Crippen molar-refractivity contribution in [3.63, 3.8) is 0 Å². The maximum Gasteiger partial charge on any atom is 0.315 e. The van der Waals surface area contributed by atoms with Crippen LogP contribution in [0.4, 0.5) is 0 Å². The van der Waals surface area contributed by atoms with Crippen molar-refractivity contribution < 1.29 is 34.1 Å². The van der Waals surface area contributed by atoms with Crippen LogP contribution >= 0.6 is 11.8 Å². The van der Waals surface area contributed by atoms with Gasteiger partial charge in [0.05, 0.1) is 11.0 Å². The fourth-order valence-corrected chi connectivity index (χ4v) is 9.38. The molecule has 0 aromatic carbocycles. The lowest BCUT2D eigenvalue weighted by Crippen LogP contribution is -2.65. The molecule has 8 heteroatoms. The minimum Gasteiger partial charge on any atom is -0.481 e. The van der Waals surface area contributed by atoms with Crippen LogP contribution < -0.4 is 0 Å². The van der Waals surface area contributed by atoms with E-state index in [1.807, 2.05) is 0 Å². The summed E-state index contributed by atoms with van der Waals surface area (Å²) >= 11 is 1.30. The molecule has 1 unspecified atom stereocenters. The minimum absolute atomic E-state index is 0.0129. The second-order valence-electron chi connectivity index (χ2n) is 10.5. The van der Waals surface area contributed by atoms with E-state index in [0.29, 0.717) is 44.9 Å². The summed E-state index contributed by atoms with van der Waals surface area (Å²) in [5.41, 5.74) is -1.87. The molecule has 4 aliphatic carbocycles. The normalized spacial score (nSPS) is 44.6. The lowest BCUT2D eigenvalue weighted by molar-refractivity contribution is -0.211. The van der Waals surface area contributed by atoms with E-state index in [2.05, 4.69) is 0 Å². The Morgan fingerprint density at radius 1 is 1.19 bits per heavy atom. The fourth-order valence-electron chi connectivity index (χ4n) is 8.16. The number of ketones is 1. The molecular weight excluding hydrogens is 432 g/mol. The summed E-state index contributed by atoms with van der Waals surface area (Å²) in [5, 5.41) is 20.9. The zero-order valence-electron chi connectivity index (χ0n) is 18.3. The van der Waals surface area contributed by atoms with Crippen molar-refractivity contribution in [1.29, 1.82) is 0 Å². The number of aliphatic hydroxyl groups is 1. The first kappa shape index (κ1) is 22.1. The van der Waals surface area contributed by atoms with Crippen LogP contribution in [-0.2, 0) is 23.9 Å². The van der Waals surface area contributed by atoms with Crippen molar-refractivity contribution >= 4 is 34.6 Å². The Balaban J connectivity index is 1.63. The molecule has 0 aromatic heterocycles. The van der Waals surface area contributed by atoms with Gasteiger partial charge in [-0.1, -0.05) is 17.3 Å². The van der Waals surface area contributed by atoms with Gasteiger partial charge in [-0.05, 0) is 68.8 Å². The van der Waals surface area contributed by atoms with Crippen molar-refractivity contribution in [2.75, 3.05) is 6.61 Å². The highest BCUT2D eigenvalue weighted by atomic mass is 32.2. The average molecular weight is 463 g/mol. The first-order valence-electron chi connectivity index (χ1n) is 11.7. The molecule has 2 heterocycles.